The summed E-state index contributed by atoms with van der Waals surface area (Å²) in [5.41, 5.74) is 0. The van der Waals surface area contributed by atoms with Gasteiger partial charge in [-0.25, -0.2) is 0 Å². The van der Waals surface area contributed by atoms with Crippen molar-refractivity contribution >= 4 is 24.2 Å². The Morgan fingerprint density at radius 3 is 2.40 bits per heavy atom. The maximum absolute atomic E-state index is 5.01. The monoisotopic (exact) mass is 111 g/mol. The van der Waals surface area contributed by atoms with Gasteiger partial charge in [-0.05, 0) is 0 Å². The molecule has 0 aromatic rings. The Kier molecular flexibility index (Phi) is 5.15. The van der Waals surface area contributed by atoms with Gasteiger partial charge >= 0.3 is 0 Å². The van der Waals surface area contributed by atoms with Crippen molar-refractivity contribution in [2.24, 2.45) is 0 Å². The fourth-order valence-electron chi connectivity index (χ4n) is 0.0315. The minimum absolute atomic E-state index is 0.212. The molecule has 31 valence electrons. The maximum atomic E-state index is 5.01. The van der Waals surface area contributed by atoms with Crippen LogP contribution < -0.4 is 0 Å². The van der Waals surface area contributed by atoms with Crippen molar-refractivity contribution in [1.29, 1.82) is 0 Å². The predicted octanol–water partition coefficient (Wildman–Crippen LogP) is 1.35. The molecular formula is C2H4ClOS. The molecule has 0 saturated heterocycles. The van der Waals surface area contributed by atoms with Crippen molar-refractivity contribution < 1.29 is 4.74 Å². The first-order chi connectivity index (χ1) is 2.41. The molecule has 0 spiro atoms. The molecule has 0 bridgehead atoms. The molecule has 0 aliphatic rings. The van der Waals surface area contributed by atoms with Crippen LogP contribution in [0, 0.1) is 0 Å². The second-order valence-electron chi connectivity index (χ2n) is 0.431. The van der Waals surface area contributed by atoms with Gasteiger partial charge in [-0.2, -0.15) is 0 Å². The number of halogens is 1. The standard InChI is InChI=1S/C2H4ClOS/c3-1-4-2-5/h1-2H2. The van der Waals surface area contributed by atoms with Gasteiger partial charge in [-0.3, -0.25) is 0 Å². The van der Waals surface area contributed by atoms with Crippen molar-refractivity contribution in [3.05, 3.63) is 0 Å². The average molecular weight is 112 g/mol. The lowest BCUT2D eigenvalue weighted by atomic mass is 11.5. The van der Waals surface area contributed by atoms with Gasteiger partial charge in [0.2, 0.25) is 0 Å². The summed E-state index contributed by atoms with van der Waals surface area (Å²) in [6.07, 6.45) is 0. The number of alkyl halides is 1. The first-order valence-corrected chi connectivity index (χ1v) is 2.25. The molecule has 0 aromatic carbocycles. The molecule has 0 N–H and O–H groups in total. The van der Waals surface area contributed by atoms with Crippen molar-refractivity contribution in [1.82, 2.24) is 0 Å². The fraction of sp³-hybridized carbons (Fsp3) is 1.00. The van der Waals surface area contributed by atoms with E-state index in [-0.39, 0.29) is 6.07 Å². The Labute approximate surface area is 41.7 Å². The maximum Gasteiger partial charge on any atom is 0.122 e. The molecule has 0 unspecified atom stereocenters. The van der Waals surface area contributed by atoms with E-state index in [0.29, 0.717) is 5.94 Å². The highest BCUT2D eigenvalue weighted by Crippen LogP contribution is 1.78. The molecule has 0 rings (SSSR count). The van der Waals surface area contributed by atoms with Crippen LogP contribution >= 0.6 is 24.2 Å². The summed E-state index contributed by atoms with van der Waals surface area (Å²) in [6.45, 7) is 0. The van der Waals surface area contributed by atoms with Crippen LogP contribution in [0.4, 0.5) is 0 Å². The Balaban J connectivity index is 2.19. The van der Waals surface area contributed by atoms with Gasteiger partial charge in [0.1, 0.15) is 12.0 Å². The van der Waals surface area contributed by atoms with Crippen LogP contribution in [-0.2, 0) is 4.74 Å². The highest BCUT2D eigenvalue weighted by atomic mass is 35.5. The number of ether oxygens (including phenoxy) is 1. The normalized spacial score (nSPS) is 8.40. The van der Waals surface area contributed by atoms with E-state index in [1.165, 1.54) is 0 Å². The van der Waals surface area contributed by atoms with E-state index >= 15 is 0 Å². The SMILES string of the molecule is [S]COCCl. The smallest absolute Gasteiger partial charge is 0.122 e. The molecule has 0 amide bonds. The lowest BCUT2D eigenvalue weighted by molar-refractivity contribution is 0.237. The molecule has 0 aliphatic carbocycles. The minimum atomic E-state index is 0.212. The van der Waals surface area contributed by atoms with E-state index in [0.717, 1.165) is 0 Å². The fourth-order valence-corrected chi connectivity index (χ4v) is 0.283. The first kappa shape index (κ1) is 5.60. The molecule has 1 nitrogen and oxygen atoms in total. The van der Waals surface area contributed by atoms with Gasteiger partial charge in [0.15, 0.2) is 0 Å². The summed E-state index contributed by atoms with van der Waals surface area (Å²) < 4.78 is 4.41. The van der Waals surface area contributed by atoms with E-state index < -0.39 is 0 Å². The quantitative estimate of drug-likeness (QED) is 0.489. The molecular weight excluding hydrogens is 108 g/mol. The molecule has 0 fully saturated rings. The number of hydrogen-bond acceptors (Lipinski definition) is 1. The minimum Gasteiger partial charge on any atom is -0.354 e. The zero-order valence-electron chi connectivity index (χ0n) is 2.61. The van der Waals surface area contributed by atoms with Gasteiger partial charge in [-0.1, -0.05) is 24.2 Å². The second-order valence-corrected chi connectivity index (χ2v) is 0.885. The van der Waals surface area contributed by atoms with Crippen LogP contribution in [-0.4, -0.2) is 12.0 Å². The molecule has 0 atom stereocenters. The highest BCUT2D eigenvalue weighted by Gasteiger charge is 1.67. The van der Waals surface area contributed by atoms with Crippen LogP contribution in [0.5, 0.6) is 0 Å². The van der Waals surface area contributed by atoms with E-state index in [9.17, 15) is 0 Å². The van der Waals surface area contributed by atoms with Crippen molar-refractivity contribution in [2.75, 3.05) is 12.0 Å². The van der Waals surface area contributed by atoms with Crippen LogP contribution in [0.2, 0.25) is 0 Å². The Hall–Kier alpha value is 0.600. The molecule has 5 heavy (non-hydrogen) atoms. The third-order valence-corrected chi connectivity index (χ3v) is 0.481. The zero-order chi connectivity index (χ0) is 4.12. The Morgan fingerprint density at radius 1 is 1.80 bits per heavy atom. The van der Waals surface area contributed by atoms with Gasteiger partial charge in [0.25, 0.3) is 0 Å². The van der Waals surface area contributed by atoms with Gasteiger partial charge in [0.05, 0.1) is 0 Å². The van der Waals surface area contributed by atoms with Crippen LogP contribution in [0.1, 0.15) is 0 Å². The van der Waals surface area contributed by atoms with Gasteiger partial charge in [-0.15, -0.1) is 0 Å². The van der Waals surface area contributed by atoms with Crippen LogP contribution in [0.15, 0.2) is 0 Å². The van der Waals surface area contributed by atoms with Gasteiger partial charge in [0, 0.05) is 0 Å². The molecule has 1 radical (unpaired) electrons. The lowest BCUT2D eigenvalue weighted by Crippen LogP contribution is -1.78. The second kappa shape index (κ2) is 4.60. The lowest BCUT2D eigenvalue weighted by Gasteiger charge is -1.82. The summed E-state index contributed by atoms with van der Waals surface area (Å²) in [5.74, 6) is 0.295. The topological polar surface area (TPSA) is 9.23 Å². The van der Waals surface area contributed by atoms with E-state index in [4.69, 9.17) is 11.6 Å². The molecule has 0 aromatic heterocycles. The van der Waals surface area contributed by atoms with Crippen molar-refractivity contribution in [3.8, 4) is 0 Å². The Morgan fingerprint density at radius 2 is 2.40 bits per heavy atom. The summed E-state index contributed by atoms with van der Waals surface area (Å²) >= 11 is 9.36. The number of rotatable bonds is 2. The van der Waals surface area contributed by atoms with Crippen LogP contribution in [0.3, 0.4) is 0 Å². The average Bonchev–Trinajstić information content (AvgIpc) is 1.41. The molecule has 0 heterocycles. The summed E-state index contributed by atoms with van der Waals surface area (Å²) in [5, 5.41) is 0. The summed E-state index contributed by atoms with van der Waals surface area (Å²) in [7, 11) is 0. The molecule has 0 aliphatic heterocycles. The van der Waals surface area contributed by atoms with E-state index in [1.807, 2.05) is 0 Å². The Bertz CT molecular complexity index is 17.1. The highest BCUT2D eigenvalue weighted by molar-refractivity contribution is 7.80. The first-order valence-electron chi connectivity index (χ1n) is 1.13. The largest absolute Gasteiger partial charge is 0.354 e. The van der Waals surface area contributed by atoms with Crippen molar-refractivity contribution in [3.63, 3.8) is 0 Å². The molecule has 3 heteroatoms. The summed E-state index contributed by atoms with van der Waals surface area (Å²) in [6, 6.07) is 0.212. The molecule has 0 saturated carbocycles. The van der Waals surface area contributed by atoms with E-state index in [1.54, 1.807) is 0 Å². The third kappa shape index (κ3) is 4.60. The van der Waals surface area contributed by atoms with E-state index in [2.05, 4.69) is 17.4 Å². The van der Waals surface area contributed by atoms with Gasteiger partial charge < -0.3 is 4.74 Å². The number of hydrogen-bond donors (Lipinski definition) is 0. The van der Waals surface area contributed by atoms with Crippen LogP contribution in [0.25, 0.3) is 0 Å². The zero-order valence-corrected chi connectivity index (χ0v) is 4.18. The third-order valence-electron chi connectivity index (χ3n) is 0.160. The van der Waals surface area contributed by atoms with Crippen molar-refractivity contribution in [2.45, 2.75) is 0 Å². The predicted molar refractivity (Wildman–Crippen MR) is 24.3 cm³/mol. The summed E-state index contributed by atoms with van der Waals surface area (Å²) in [4.78, 5) is 0.